The molecule has 2 heterocycles. The van der Waals surface area contributed by atoms with Crippen molar-refractivity contribution in [1.82, 2.24) is 0 Å². The molecule has 1 aromatic heterocycles. The van der Waals surface area contributed by atoms with Crippen LogP contribution in [0.25, 0.3) is 22.3 Å². The van der Waals surface area contributed by atoms with E-state index >= 15 is 0 Å². The average Bonchev–Trinajstić information content (AvgIpc) is 2.83. The van der Waals surface area contributed by atoms with Gasteiger partial charge in [0.25, 0.3) is 0 Å². The van der Waals surface area contributed by atoms with Crippen LogP contribution in [0.5, 0.6) is 23.0 Å². The Labute approximate surface area is 203 Å². The highest BCUT2D eigenvalue weighted by molar-refractivity contribution is 5.87. The van der Waals surface area contributed by atoms with E-state index in [1.54, 1.807) is 0 Å². The van der Waals surface area contributed by atoms with E-state index in [1.807, 2.05) is 0 Å². The first-order chi connectivity index (χ1) is 17.1. The fourth-order valence-corrected chi connectivity index (χ4v) is 3.82. The zero-order valence-electron chi connectivity index (χ0n) is 19.2. The van der Waals surface area contributed by atoms with Crippen molar-refractivity contribution in [3.63, 3.8) is 0 Å². The van der Waals surface area contributed by atoms with Crippen molar-refractivity contribution < 1.29 is 53.7 Å². The van der Waals surface area contributed by atoms with E-state index in [4.69, 9.17) is 23.4 Å². The lowest BCUT2D eigenvalue weighted by Crippen LogP contribution is -2.60. The van der Waals surface area contributed by atoms with Gasteiger partial charge in [-0.1, -0.05) is 6.07 Å². The second-order valence-corrected chi connectivity index (χ2v) is 8.08. The molecule has 0 saturated carbocycles. The number of hydrogen-bond donors (Lipinski definition) is 5. The van der Waals surface area contributed by atoms with Crippen molar-refractivity contribution in [3.8, 4) is 34.3 Å². The molecule has 4 rings (SSSR count). The largest absolute Gasteiger partial charge is 0.507 e. The van der Waals surface area contributed by atoms with Crippen molar-refractivity contribution in [2.24, 2.45) is 0 Å². The van der Waals surface area contributed by atoms with E-state index in [2.05, 4.69) is 0 Å². The fourth-order valence-electron chi connectivity index (χ4n) is 3.82. The number of benzene rings is 2. The molecule has 2 aromatic carbocycles. The maximum atomic E-state index is 13.1. The molecule has 0 bridgehead atoms. The number of methoxy groups -OCH3 is 1. The van der Waals surface area contributed by atoms with Crippen LogP contribution in [-0.4, -0.2) is 75.9 Å². The quantitative estimate of drug-likeness (QED) is 0.295. The third kappa shape index (κ3) is 4.79. The summed E-state index contributed by atoms with van der Waals surface area (Å²) < 4.78 is 27.1. The molecule has 12 heteroatoms. The summed E-state index contributed by atoms with van der Waals surface area (Å²) in [5.41, 5.74) is -0.774. The Hall–Kier alpha value is -3.84. The molecule has 0 spiro atoms. The molecule has 0 amide bonds. The van der Waals surface area contributed by atoms with E-state index in [9.17, 15) is 35.1 Å². The van der Waals surface area contributed by atoms with Crippen molar-refractivity contribution >= 4 is 16.9 Å². The summed E-state index contributed by atoms with van der Waals surface area (Å²) >= 11 is 0. The molecule has 1 fully saturated rings. The number of aliphatic hydroxyl groups is 3. The number of carbonyl (C=O) groups excluding carboxylic acids is 1. The van der Waals surface area contributed by atoms with Crippen LogP contribution in [0.3, 0.4) is 0 Å². The third-order valence-corrected chi connectivity index (χ3v) is 5.63. The lowest BCUT2D eigenvalue weighted by molar-refractivity contribution is -0.278. The number of phenolic OH excluding ortho intramolecular Hbond substituents is 2. The van der Waals surface area contributed by atoms with Crippen molar-refractivity contribution in [2.75, 3.05) is 13.7 Å². The summed E-state index contributed by atoms with van der Waals surface area (Å²) in [6.07, 6.45) is -7.85. The van der Waals surface area contributed by atoms with Gasteiger partial charge in [-0.25, -0.2) is 0 Å². The van der Waals surface area contributed by atoms with Crippen LogP contribution < -0.4 is 14.9 Å². The van der Waals surface area contributed by atoms with Gasteiger partial charge in [0.05, 0.1) is 7.11 Å². The van der Waals surface area contributed by atoms with Gasteiger partial charge in [-0.3, -0.25) is 9.59 Å². The molecule has 0 radical (unpaired) electrons. The number of aromatic hydroxyl groups is 2. The number of carbonyl (C=O) groups is 1. The van der Waals surface area contributed by atoms with Crippen molar-refractivity contribution in [2.45, 2.75) is 37.6 Å². The highest BCUT2D eigenvalue weighted by atomic mass is 16.7. The maximum Gasteiger partial charge on any atom is 0.302 e. The number of hydrogen-bond acceptors (Lipinski definition) is 12. The number of esters is 1. The van der Waals surface area contributed by atoms with Gasteiger partial charge < -0.3 is 48.9 Å². The fraction of sp³-hybridized carbons (Fsp3) is 0.333. The molecular weight excluding hydrogens is 480 g/mol. The summed E-state index contributed by atoms with van der Waals surface area (Å²) in [6.45, 7) is 0.730. The van der Waals surface area contributed by atoms with Gasteiger partial charge in [-0.05, 0) is 12.1 Å². The Morgan fingerprint density at radius 2 is 1.72 bits per heavy atom. The number of fused-ring (bicyclic) bond motifs is 1. The first kappa shape index (κ1) is 25.3. The lowest BCUT2D eigenvalue weighted by atomic mass is 9.99. The topological polar surface area (TPSA) is 185 Å². The Balaban J connectivity index is 1.76. The summed E-state index contributed by atoms with van der Waals surface area (Å²) in [5, 5.41) is 51.1. The van der Waals surface area contributed by atoms with Crippen LogP contribution in [-0.2, 0) is 14.3 Å². The SMILES string of the molecule is COc1cc(OC2OC(COC(C)=O)C(O)C(O)C2O)c2c(=O)cc(-c3c(O)cccc3O)oc2c1. The van der Waals surface area contributed by atoms with Crippen LogP contribution in [0.1, 0.15) is 6.92 Å². The molecule has 1 saturated heterocycles. The lowest BCUT2D eigenvalue weighted by Gasteiger charge is -2.39. The number of phenols is 2. The van der Waals surface area contributed by atoms with Gasteiger partial charge in [0.1, 0.15) is 76.3 Å². The first-order valence-corrected chi connectivity index (χ1v) is 10.8. The van der Waals surface area contributed by atoms with Gasteiger partial charge in [0, 0.05) is 25.1 Å². The Kier molecular flexibility index (Phi) is 7.04. The third-order valence-electron chi connectivity index (χ3n) is 5.63. The first-order valence-electron chi connectivity index (χ1n) is 10.8. The number of aliphatic hydroxyl groups excluding tert-OH is 3. The molecule has 1 aliphatic heterocycles. The normalized spacial score (nSPS) is 23.9. The summed E-state index contributed by atoms with van der Waals surface area (Å²) in [4.78, 5) is 24.2. The van der Waals surface area contributed by atoms with Gasteiger partial charge in [0.15, 0.2) is 5.43 Å². The molecule has 3 aromatic rings. The Bertz CT molecular complexity index is 1310. The monoisotopic (exact) mass is 504 g/mol. The molecule has 36 heavy (non-hydrogen) atoms. The summed E-state index contributed by atoms with van der Waals surface area (Å²) in [7, 11) is 1.35. The van der Waals surface area contributed by atoms with Crippen molar-refractivity contribution in [1.29, 1.82) is 0 Å². The second kappa shape index (κ2) is 10.0. The van der Waals surface area contributed by atoms with E-state index in [0.717, 1.165) is 13.0 Å². The Morgan fingerprint density at radius 3 is 2.36 bits per heavy atom. The average molecular weight is 504 g/mol. The van der Waals surface area contributed by atoms with E-state index in [0.29, 0.717) is 0 Å². The molecule has 5 N–H and O–H groups in total. The molecule has 12 nitrogen and oxygen atoms in total. The van der Waals surface area contributed by atoms with Crippen LogP contribution in [0.4, 0.5) is 0 Å². The van der Waals surface area contributed by atoms with Crippen LogP contribution in [0.15, 0.2) is 45.6 Å². The highest BCUT2D eigenvalue weighted by Gasteiger charge is 2.45. The molecule has 0 aliphatic carbocycles. The zero-order chi connectivity index (χ0) is 26.1. The van der Waals surface area contributed by atoms with Gasteiger partial charge >= 0.3 is 5.97 Å². The summed E-state index contributed by atoms with van der Waals surface area (Å²) in [6, 6.07) is 7.78. The van der Waals surface area contributed by atoms with Gasteiger partial charge in [-0.2, -0.15) is 0 Å². The van der Waals surface area contributed by atoms with E-state index in [-0.39, 0.29) is 45.3 Å². The van der Waals surface area contributed by atoms with Gasteiger partial charge in [0.2, 0.25) is 6.29 Å². The zero-order valence-corrected chi connectivity index (χ0v) is 19.2. The maximum absolute atomic E-state index is 13.1. The van der Waals surface area contributed by atoms with Crippen LogP contribution in [0, 0.1) is 0 Å². The number of rotatable bonds is 6. The van der Waals surface area contributed by atoms with E-state index in [1.165, 1.54) is 37.4 Å². The van der Waals surface area contributed by atoms with Crippen LogP contribution >= 0.6 is 0 Å². The van der Waals surface area contributed by atoms with E-state index < -0.39 is 48.7 Å². The molecule has 192 valence electrons. The van der Waals surface area contributed by atoms with Crippen molar-refractivity contribution in [3.05, 3.63) is 46.6 Å². The minimum atomic E-state index is -1.74. The van der Waals surface area contributed by atoms with Crippen LogP contribution in [0.2, 0.25) is 0 Å². The minimum absolute atomic E-state index is 0.0446. The minimum Gasteiger partial charge on any atom is -0.507 e. The smallest absolute Gasteiger partial charge is 0.302 e. The van der Waals surface area contributed by atoms with Gasteiger partial charge in [-0.15, -0.1) is 0 Å². The predicted octanol–water partition coefficient (Wildman–Crippen LogP) is 0.629. The summed E-state index contributed by atoms with van der Waals surface area (Å²) in [5.74, 6) is -1.38. The second-order valence-electron chi connectivity index (χ2n) is 8.08. The number of ether oxygens (including phenoxy) is 4. The molecular formula is C24H24O12. The Morgan fingerprint density at radius 1 is 1.03 bits per heavy atom. The molecule has 1 aliphatic rings. The molecule has 5 atom stereocenters. The standard InChI is InChI=1S/C24H24O12/c1-10(25)33-9-18-21(29)22(30)23(31)24(36-18)35-16-7-11(32-2)6-15-20(16)14(28)8-17(34-15)19-12(26)4-3-5-13(19)27/h3-8,18,21-24,26-27,29-31H,9H2,1-2H3. The molecule has 5 unspecified atom stereocenters. The highest BCUT2D eigenvalue weighted by Crippen LogP contribution is 2.39. The predicted molar refractivity (Wildman–Crippen MR) is 122 cm³/mol.